The maximum Gasteiger partial charge on any atom is 0.338 e. The van der Waals surface area contributed by atoms with Gasteiger partial charge in [-0.05, 0) is 34.6 Å². The summed E-state index contributed by atoms with van der Waals surface area (Å²) in [5, 5.41) is 12.8. The molecule has 0 bridgehead atoms. The van der Waals surface area contributed by atoms with Crippen LogP contribution in [0, 0.1) is 0 Å². The molecule has 10 nitrogen and oxygen atoms in total. The third-order valence-electron chi connectivity index (χ3n) is 4.48. The van der Waals surface area contributed by atoms with Crippen molar-refractivity contribution in [1.82, 2.24) is 15.3 Å². The smallest absolute Gasteiger partial charge is 0.338 e. The average molecular weight is 399 g/mol. The fourth-order valence-electron chi connectivity index (χ4n) is 3.39. The van der Waals surface area contributed by atoms with Crippen molar-refractivity contribution in [1.29, 1.82) is 0 Å². The zero-order valence-corrected chi connectivity index (χ0v) is 16.8. The molecule has 2 atom stereocenters. The van der Waals surface area contributed by atoms with E-state index in [1.165, 1.54) is 18.7 Å². The van der Waals surface area contributed by atoms with E-state index in [0.29, 0.717) is 18.3 Å². The summed E-state index contributed by atoms with van der Waals surface area (Å²) in [6.45, 7) is 8.88. The van der Waals surface area contributed by atoms with E-state index in [1.807, 2.05) is 6.92 Å². The van der Waals surface area contributed by atoms with Crippen molar-refractivity contribution in [2.75, 3.05) is 19.7 Å². The number of amides is 3. The van der Waals surface area contributed by atoms with E-state index < -0.39 is 28.4 Å². The van der Waals surface area contributed by atoms with Gasteiger partial charge in [0.1, 0.15) is 0 Å². The molecule has 2 aliphatic heterocycles. The van der Waals surface area contributed by atoms with Gasteiger partial charge in [-0.25, -0.2) is 15.0 Å². The summed E-state index contributed by atoms with van der Waals surface area (Å²) in [7, 11) is 0. The van der Waals surface area contributed by atoms with E-state index in [2.05, 4.69) is 10.4 Å². The lowest BCUT2D eigenvalue weighted by atomic mass is 9.89. The highest BCUT2D eigenvalue weighted by Crippen LogP contribution is 2.56. The predicted molar refractivity (Wildman–Crippen MR) is 100 cm³/mol. The number of rotatable bonds is 5. The van der Waals surface area contributed by atoms with Gasteiger partial charge in [0, 0.05) is 18.8 Å². The fraction of sp³-hybridized carbons (Fsp3) is 0.625. The second-order valence-electron chi connectivity index (χ2n) is 6.10. The number of carbonyl (C=O) groups excluding carboxylic acids is 3. The van der Waals surface area contributed by atoms with Crippen LogP contribution in [0.25, 0.3) is 0 Å². The van der Waals surface area contributed by atoms with Crippen LogP contribution in [-0.4, -0.2) is 68.3 Å². The molecule has 1 spiro atoms. The number of aliphatic hydroxyl groups is 1. The predicted octanol–water partition coefficient (Wildman–Crippen LogP) is 0.141. The number of hydrogen-bond donors (Lipinski definition) is 3. The first kappa shape index (κ1) is 21.0. The zero-order chi connectivity index (χ0) is 20.6. The molecule has 2 rings (SSSR count). The van der Waals surface area contributed by atoms with E-state index in [-0.39, 0.29) is 17.9 Å². The Labute approximate surface area is 161 Å². The zero-order valence-electron chi connectivity index (χ0n) is 16.0. The molecule has 3 amide bonds. The van der Waals surface area contributed by atoms with Crippen LogP contribution in [0.15, 0.2) is 16.3 Å². The number of urea groups is 1. The lowest BCUT2D eigenvalue weighted by molar-refractivity contribution is -0.149. The number of nitrogens with zero attached hydrogens (tertiary/aromatic N) is 3. The Morgan fingerprint density at radius 1 is 1.37 bits per heavy atom. The number of allylic oxidation sites excluding steroid dienone is 1. The van der Waals surface area contributed by atoms with Crippen molar-refractivity contribution >= 4 is 34.8 Å². The van der Waals surface area contributed by atoms with Crippen molar-refractivity contribution in [3.05, 3.63) is 11.3 Å². The van der Waals surface area contributed by atoms with Crippen molar-refractivity contribution in [3.8, 4) is 0 Å². The van der Waals surface area contributed by atoms with Gasteiger partial charge in [0.05, 0.1) is 12.2 Å². The minimum absolute atomic E-state index is 0.0437. The highest BCUT2D eigenvalue weighted by molar-refractivity contribution is 8.16. The number of aliphatic imine (C=N–C) groups is 1. The van der Waals surface area contributed by atoms with E-state index in [9.17, 15) is 19.5 Å². The quantitative estimate of drug-likeness (QED) is 0.559. The Morgan fingerprint density at radius 3 is 2.48 bits per heavy atom. The lowest BCUT2D eigenvalue weighted by Gasteiger charge is -2.40. The summed E-state index contributed by atoms with van der Waals surface area (Å²) in [5.74, 6) is -1.26. The van der Waals surface area contributed by atoms with Gasteiger partial charge in [0.25, 0.3) is 5.91 Å². The normalized spacial score (nSPS) is 29.3. The molecule has 2 aliphatic rings. The van der Waals surface area contributed by atoms with Gasteiger partial charge in [0.15, 0.2) is 15.6 Å². The number of carbonyl (C=O) groups is 3. The largest absolute Gasteiger partial charge is 0.463 e. The number of hydrazine groups is 1. The number of hydrogen-bond acceptors (Lipinski definition) is 8. The third kappa shape index (κ3) is 2.94. The first-order valence-corrected chi connectivity index (χ1v) is 9.44. The maximum absolute atomic E-state index is 13.4. The number of esters is 1. The molecule has 2 unspecified atom stereocenters. The van der Waals surface area contributed by atoms with Gasteiger partial charge in [0.2, 0.25) is 0 Å². The minimum atomic E-state index is -1.99. The van der Waals surface area contributed by atoms with E-state index in [1.54, 1.807) is 13.8 Å². The van der Waals surface area contributed by atoms with Gasteiger partial charge >= 0.3 is 12.0 Å². The monoisotopic (exact) mass is 399 g/mol. The van der Waals surface area contributed by atoms with Crippen LogP contribution < -0.4 is 11.2 Å². The van der Waals surface area contributed by atoms with Gasteiger partial charge in [-0.3, -0.25) is 19.7 Å². The molecule has 0 radical (unpaired) electrons. The highest BCUT2D eigenvalue weighted by atomic mass is 32.2. The molecule has 1 fully saturated rings. The third-order valence-corrected chi connectivity index (χ3v) is 6.09. The summed E-state index contributed by atoms with van der Waals surface area (Å²) in [6.07, 6.45) is 0. The second-order valence-corrected chi connectivity index (χ2v) is 7.28. The Hall–Kier alpha value is -2.27. The molecule has 0 aliphatic carbocycles. The molecule has 4 N–H and O–H groups in total. The van der Waals surface area contributed by atoms with Crippen molar-refractivity contribution in [2.45, 2.75) is 45.1 Å². The molecule has 0 aromatic carbocycles. The molecule has 2 heterocycles. The maximum atomic E-state index is 13.4. The summed E-state index contributed by atoms with van der Waals surface area (Å²) in [4.78, 5) is 43.4. The first-order chi connectivity index (χ1) is 12.6. The van der Waals surface area contributed by atoms with E-state index in [0.717, 1.165) is 16.8 Å². The van der Waals surface area contributed by atoms with E-state index in [4.69, 9.17) is 10.5 Å². The Balaban J connectivity index is 2.74. The number of amidine groups is 1. The SMILES string of the molecule is CCN=C1SC2(C(=O)N1CC)C(C(=O)OCC)=C(C)N(NC(N)=O)C2(C)O. The average Bonchev–Trinajstić information content (AvgIpc) is 2.93. The minimum Gasteiger partial charge on any atom is -0.463 e. The number of nitrogens with one attached hydrogen (secondary N) is 1. The van der Waals surface area contributed by atoms with Crippen molar-refractivity contribution in [3.63, 3.8) is 0 Å². The summed E-state index contributed by atoms with van der Waals surface area (Å²) in [6, 6.07) is -0.944. The van der Waals surface area contributed by atoms with Crippen LogP contribution in [-0.2, 0) is 14.3 Å². The second kappa shape index (κ2) is 7.39. The standard InChI is InChI=1S/C16H25N5O5S/c1-6-18-14-20(7-2)12(23)16(27-14)10(11(22)26-8-3)9(4)21(15(16,5)25)19-13(17)24/h25H,6-8H2,1-5H3,(H3,17,19,24). The fourth-order valence-corrected chi connectivity index (χ4v) is 4.99. The van der Waals surface area contributed by atoms with Crippen molar-refractivity contribution in [2.24, 2.45) is 10.7 Å². The number of thioether (sulfide) groups is 1. The Kier molecular flexibility index (Phi) is 5.76. The number of nitrogens with two attached hydrogens (primary N) is 1. The molecule has 150 valence electrons. The van der Waals surface area contributed by atoms with Crippen LogP contribution >= 0.6 is 11.8 Å². The van der Waals surface area contributed by atoms with Crippen LogP contribution in [0.1, 0.15) is 34.6 Å². The van der Waals surface area contributed by atoms with Crippen LogP contribution in [0.2, 0.25) is 0 Å². The Bertz CT molecular complexity index is 735. The summed E-state index contributed by atoms with van der Waals surface area (Å²) < 4.78 is 3.39. The summed E-state index contributed by atoms with van der Waals surface area (Å²) >= 11 is 0.974. The molecule has 0 aromatic rings. The molecule has 27 heavy (non-hydrogen) atoms. The van der Waals surface area contributed by atoms with Gasteiger partial charge < -0.3 is 15.6 Å². The van der Waals surface area contributed by atoms with Crippen molar-refractivity contribution < 1.29 is 24.2 Å². The molecular formula is C16H25N5O5S. The van der Waals surface area contributed by atoms with Crippen LogP contribution in [0.3, 0.4) is 0 Å². The number of ether oxygens (including phenoxy) is 1. The Morgan fingerprint density at radius 2 is 2.00 bits per heavy atom. The van der Waals surface area contributed by atoms with Gasteiger partial charge in [-0.2, -0.15) is 0 Å². The molecule has 11 heteroatoms. The van der Waals surface area contributed by atoms with E-state index >= 15 is 0 Å². The molecule has 1 saturated heterocycles. The number of primary amides is 1. The van der Waals surface area contributed by atoms with Gasteiger partial charge in [-0.1, -0.05) is 11.8 Å². The molecule has 0 saturated carbocycles. The van der Waals surface area contributed by atoms with Crippen LogP contribution in [0.5, 0.6) is 0 Å². The van der Waals surface area contributed by atoms with Gasteiger partial charge in [-0.15, -0.1) is 0 Å². The molecule has 0 aromatic heterocycles. The lowest BCUT2D eigenvalue weighted by Crippen LogP contribution is -2.64. The summed E-state index contributed by atoms with van der Waals surface area (Å²) in [5.41, 5.74) is 5.65. The first-order valence-electron chi connectivity index (χ1n) is 8.62. The van der Waals surface area contributed by atoms with Crippen LogP contribution in [0.4, 0.5) is 4.79 Å². The molecular weight excluding hydrogens is 374 g/mol. The highest BCUT2D eigenvalue weighted by Gasteiger charge is 2.72. The topological polar surface area (TPSA) is 138 Å².